The SMILES string of the molecule is CCn1c(-c2cc(-c3ccccc3Cl)n[nH]2)nnc1N1CCC2(COC2)C1. The number of nitrogens with zero attached hydrogens (tertiary/aromatic N) is 5. The molecule has 2 aliphatic rings. The minimum absolute atomic E-state index is 0.315. The molecule has 0 unspecified atom stereocenters. The number of hydrogen-bond donors (Lipinski definition) is 1. The first-order chi connectivity index (χ1) is 13.2. The first kappa shape index (κ1) is 16.8. The Morgan fingerprint density at radius 3 is 2.81 bits per heavy atom. The van der Waals surface area contributed by atoms with E-state index in [1.54, 1.807) is 0 Å². The van der Waals surface area contributed by atoms with E-state index >= 15 is 0 Å². The lowest BCUT2D eigenvalue weighted by atomic mass is 9.85. The Morgan fingerprint density at radius 1 is 1.26 bits per heavy atom. The lowest BCUT2D eigenvalue weighted by Gasteiger charge is -2.37. The van der Waals surface area contributed by atoms with E-state index in [1.807, 2.05) is 30.3 Å². The quantitative estimate of drug-likeness (QED) is 0.747. The summed E-state index contributed by atoms with van der Waals surface area (Å²) in [5, 5.41) is 17.2. The Balaban J connectivity index is 1.46. The molecule has 1 N–H and O–H groups in total. The highest BCUT2D eigenvalue weighted by Gasteiger charge is 2.45. The number of halogens is 1. The van der Waals surface area contributed by atoms with Gasteiger partial charge >= 0.3 is 0 Å². The van der Waals surface area contributed by atoms with Gasteiger partial charge in [-0.15, -0.1) is 10.2 Å². The van der Waals surface area contributed by atoms with Crippen LogP contribution in [0.5, 0.6) is 0 Å². The molecule has 4 heterocycles. The molecule has 3 aromatic rings. The van der Waals surface area contributed by atoms with Crippen molar-refractivity contribution in [3.05, 3.63) is 35.4 Å². The van der Waals surface area contributed by atoms with Gasteiger partial charge in [0.15, 0.2) is 5.82 Å². The van der Waals surface area contributed by atoms with Gasteiger partial charge in [0, 0.05) is 30.6 Å². The van der Waals surface area contributed by atoms with E-state index in [9.17, 15) is 0 Å². The van der Waals surface area contributed by atoms with Gasteiger partial charge in [-0.3, -0.25) is 9.67 Å². The second-order valence-electron chi connectivity index (χ2n) is 7.38. The maximum atomic E-state index is 6.30. The lowest BCUT2D eigenvalue weighted by Crippen LogP contribution is -2.44. The third kappa shape index (κ3) is 2.73. The Hall–Kier alpha value is -2.38. The van der Waals surface area contributed by atoms with Crippen LogP contribution in [-0.4, -0.2) is 51.3 Å². The number of ether oxygens (including phenoxy) is 1. The molecule has 0 amide bonds. The number of aromatic nitrogens is 5. The van der Waals surface area contributed by atoms with Crippen molar-refractivity contribution in [3.63, 3.8) is 0 Å². The molecule has 1 spiro atoms. The minimum Gasteiger partial charge on any atom is -0.380 e. The van der Waals surface area contributed by atoms with Gasteiger partial charge < -0.3 is 9.64 Å². The average Bonchev–Trinajstić information content (AvgIpc) is 3.37. The summed E-state index contributed by atoms with van der Waals surface area (Å²) in [6.45, 7) is 6.60. The zero-order valence-corrected chi connectivity index (χ0v) is 15.9. The van der Waals surface area contributed by atoms with Crippen LogP contribution in [-0.2, 0) is 11.3 Å². The van der Waals surface area contributed by atoms with Crippen LogP contribution in [0.2, 0.25) is 5.02 Å². The summed E-state index contributed by atoms with van der Waals surface area (Å²) < 4.78 is 7.58. The van der Waals surface area contributed by atoms with E-state index in [0.29, 0.717) is 10.4 Å². The van der Waals surface area contributed by atoms with E-state index in [0.717, 1.165) is 68.0 Å². The number of benzene rings is 1. The summed E-state index contributed by atoms with van der Waals surface area (Å²) >= 11 is 6.30. The molecule has 0 aliphatic carbocycles. The summed E-state index contributed by atoms with van der Waals surface area (Å²) in [7, 11) is 0. The predicted octanol–water partition coefficient (Wildman–Crippen LogP) is 3.24. The Bertz CT molecular complexity index is 976. The normalized spacial score (nSPS) is 18.2. The number of hydrogen-bond acceptors (Lipinski definition) is 5. The van der Waals surface area contributed by atoms with Gasteiger partial charge in [0.1, 0.15) is 5.69 Å². The van der Waals surface area contributed by atoms with E-state index in [2.05, 4.69) is 36.8 Å². The van der Waals surface area contributed by atoms with Gasteiger partial charge in [-0.1, -0.05) is 29.8 Å². The van der Waals surface area contributed by atoms with Crippen molar-refractivity contribution in [1.29, 1.82) is 0 Å². The highest BCUT2D eigenvalue weighted by Crippen LogP contribution is 2.39. The number of anilines is 1. The summed E-state index contributed by atoms with van der Waals surface area (Å²) in [5.41, 5.74) is 2.85. The maximum absolute atomic E-state index is 6.30. The molecular weight excluding hydrogens is 364 g/mol. The molecule has 8 heteroatoms. The summed E-state index contributed by atoms with van der Waals surface area (Å²) in [4.78, 5) is 2.33. The molecular formula is C19H21ClN6O. The van der Waals surface area contributed by atoms with Crippen LogP contribution >= 0.6 is 11.6 Å². The van der Waals surface area contributed by atoms with Gasteiger partial charge in [-0.25, -0.2) is 0 Å². The zero-order valence-electron chi connectivity index (χ0n) is 15.2. The van der Waals surface area contributed by atoms with Gasteiger partial charge in [-0.2, -0.15) is 5.10 Å². The Morgan fingerprint density at radius 2 is 2.11 bits per heavy atom. The van der Waals surface area contributed by atoms with E-state index < -0.39 is 0 Å². The highest BCUT2D eigenvalue weighted by atomic mass is 35.5. The van der Waals surface area contributed by atoms with Crippen LogP contribution in [0, 0.1) is 5.41 Å². The van der Waals surface area contributed by atoms with Crippen LogP contribution in [0.1, 0.15) is 13.3 Å². The van der Waals surface area contributed by atoms with Crippen molar-refractivity contribution in [2.75, 3.05) is 31.2 Å². The third-order valence-electron chi connectivity index (χ3n) is 5.55. The van der Waals surface area contributed by atoms with Crippen molar-refractivity contribution < 1.29 is 4.74 Å². The van der Waals surface area contributed by atoms with Crippen LogP contribution in [0.25, 0.3) is 22.8 Å². The number of nitrogens with one attached hydrogen (secondary N) is 1. The van der Waals surface area contributed by atoms with Crippen LogP contribution in [0.3, 0.4) is 0 Å². The van der Waals surface area contributed by atoms with Crippen molar-refractivity contribution in [2.45, 2.75) is 19.9 Å². The number of rotatable bonds is 4. The van der Waals surface area contributed by atoms with Crippen molar-refractivity contribution in [2.24, 2.45) is 5.41 Å². The van der Waals surface area contributed by atoms with Gasteiger partial charge in [0.05, 0.1) is 23.9 Å². The minimum atomic E-state index is 0.315. The van der Waals surface area contributed by atoms with Crippen LogP contribution < -0.4 is 4.90 Å². The molecule has 2 saturated heterocycles. The van der Waals surface area contributed by atoms with E-state index in [1.165, 1.54) is 0 Å². The first-order valence-electron chi connectivity index (χ1n) is 9.26. The van der Waals surface area contributed by atoms with Gasteiger partial charge in [0.25, 0.3) is 0 Å². The summed E-state index contributed by atoms with van der Waals surface area (Å²) in [5.74, 6) is 1.72. The molecule has 5 rings (SSSR count). The standard InChI is InChI=1S/C19H21ClN6O/c1-2-26-17(16-9-15(21-22-16)13-5-3-4-6-14(13)20)23-24-18(26)25-8-7-19(10-25)11-27-12-19/h3-6,9H,2,7-8,10-12H2,1H3,(H,21,22). The fourth-order valence-corrected chi connectivity index (χ4v) is 4.23. The fraction of sp³-hybridized carbons (Fsp3) is 0.421. The van der Waals surface area contributed by atoms with E-state index in [4.69, 9.17) is 16.3 Å². The number of H-pyrrole nitrogens is 1. The second kappa shape index (κ2) is 6.35. The fourth-order valence-electron chi connectivity index (χ4n) is 3.99. The van der Waals surface area contributed by atoms with Gasteiger partial charge in [-0.05, 0) is 25.5 Å². The van der Waals surface area contributed by atoms with Crippen LogP contribution in [0.4, 0.5) is 5.95 Å². The average molecular weight is 385 g/mol. The maximum Gasteiger partial charge on any atom is 0.227 e. The zero-order chi connectivity index (χ0) is 18.4. The molecule has 2 fully saturated rings. The largest absolute Gasteiger partial charge is 0.380 e. The molecule has 1 aromatic carbocycles. The van der Waals surface area contributed by atoms with Crippen molar-refractivity contribution in [1.82, 2.24) is 25.0 Å². The monoisotopic (exact) mass is 384 g/mol. The Labute approximate surface area is 162 Å². The molecule has 0 radical (unpaired) electrons. The predicted molar refractivity (Wildman–Crippen MR) is 104 cm³/mol. The topological polar surface area (TPSA) is 71.9 Å². The molecule has 140 valence electrons. The molecule has 7 nitrogen and oxygen atoms in total. The molecule has 2 aliphatic heterocycles. The summed E-state index contributed by atoms with van der Waals surface area (Å²) in [6, 6.07) is 9.67. The van der Waals surface area contributed by atoms with E-state index in [-0.39, 0.29) is 0 Å². The first-order valence-corrected chi connectivity index (χ1v) is 9.63. The second-order valence-corrected chi connectivity index (χ2v) is 7.79. The summed E-state index contributed by atoms with van der Waals surface area (Å²) in [6.07, 6.45) is 1.15. The molecule has 27 heavy (non-hydrogen) atoms. The third-order valence-corrected chi connectivity index (χ3v) is 5.88. The molecule has 2 aromatic heterocycles. The smallest absolute Gasteiger partial charge is 0.227 e. The molecule has 0 saturated carbocycles. The lowest BCUT2D eigenvalue weighted by molar-refractivity contribution is -0.0985. The highest BCUT2D eigenvalue weighted by molar-refractivity contribution is 6.33. The molecule has 0 atom stereocenters. The Kier molecular flexibility index (Phi) is 3.94. The van der Waals surface area contributed by atoms with Crippen molar-refractivity contribution in [3.8, 4) is 22.8 Å². The van der Waals surface area contributed by atoms with Gasteiger partial charge in [0.2, 0.25) is 5.95 Å². The van der Waals surface area contributed by atoms with Crippen molar-refractivity contribution >= 4 is 17.5 Å². The number of aromatic amines is 1. The van der Waals surface area contributed by atoms with Crippen LogP contribution in [0.15, 0.2) is 30.3 Å². The molecule has 0 bridgehead atoms.